The van der Waals surface area contributed by atoms with E-state index in [0.717, 1.165) is 41.9 Å². The highest BCUT2D eigenvalue weighted by Crippen LogP contribution is 2.18. The Bertz CT molecular complexity index is 752. The van der Waals surface area contributed by atoms with E-state index in [1.165, 1.54) is 12.5 Å². The van der Waals surface area contributed by atoms with Crippen LogP contribution in [0.1, 0.15) is 49.9 Å². The number of amides is 1. The molecule has 0 fully saturated rings. The van der Waals surface area contributed by atoms with Crippen molar-refractivity contribution in [2.24, 2.45) is 4.99 Å². The van der Waals surface area contributed by atoms with Gasteiger partial charge >= 0.3 is 0 Å². The average molecular weight is 388 g/mol. The van der Waals surface area contributed by atoms with Gasteiger partial charge in [0.2, 0.25) is 5.91 Å². The lowest BCUT2D eigenvalue weighted by Crippen LogP contribution is -2.38. The number of aromatic nitrogens is 1. The summed E-state index contributed by atoms with van der Waals surface area (Å²) in [6.45, 7) is 10.0. The Morgan fingerprint density at radius 1 is 1.22 bits per heavy atom. The van der Waals surface area contributed by atoms with Crippen LogP contribution in [0.3, 0.4) is 0 Å². The minimum absolute atomic E-state index is 0.0587. The molecule has 0 aliphatic heterocycles. The monoisotopic (exact) mass is 387 g/mol. The average Bonchev–Trinajstić information content (AvgIpc) is 3.10. The molecule has 1 aromatic heterocycles. The van der Waals surface area contributed by atoms with Gasteiger partial charge in [0.15, 0.2) is 5.96 Å². The van der Waals surface area contributed by atoms with Crippen molar-refractivity contribution in [3.63, 3.8) is 0 Å². The van der Waals surface area contributed by atoms with Crippen molar-refractivity contribution in [3.8, 4) is 0 Å². The van der Waals surface area contributed by atoms with Gasteiger partial charge in [0, 0.05) is 31.1 Å². The summed E-state index contributed by atoms with van der Waals surface area (Å²) in [5, 5.41) is 12.5. The minimum Gasteiger partial charge on any atom is -0.357 e. The Morgan fingerprint density at radius 2 is 1.96 bits per heavy atom. The number of carbonyl (C=O) groups excluding carboxylic acids is 1. The summed E-state index contributed by atoms with van der Waals surface area (Å²) in [6, 6.07) is 7.90. The third-order valence-corrected chi connectivity index (χ3v) is 4.71. The fourth-order valence-corrected chi connectivity index (χ4v) is 3.31. The molecule has 0 atom stereocenters. The van der Waals surface area contributed by atoms with Crippen molar-refractivity contribution >= 4 is 28.9 Å². The van der Waals surface area contributed by atoms with E-state index in [4.69, 9.17) is 0 Å². The molecule has 0 spiro atoms. The predicted octanol–water partition coefficient (Wildman–Crippen LogP) is 3.52. The van der Waals surface area contributed by atoms with Crippen LogP contribution in [0.5, 0.6) is 0 Å². The van der Waals surface area contributed by atoms with Crippen molar-refractivity contribution in [2.45, 2.75) is 46.6 Å². The van der Waals surface area contributed by atoms with Crippen LogP contribution in [-0.2, 0) is 17.8 Å². The van der Waals surface area contributed by atoms with Gasteiger partial charge in [-0.15, -0.1) is 11.3 Å². The van der Waals surface area contributed by atoms with Crippen molar-refractivity contribution in [2.75, 3.05) is 18.4 Å². The molecule has 3 N–H and O–H groups in total. The van der Waals surface area contributed by atoms with Gasteiger partial charge in [-0.25, -0.2) is 9.98 Å². The molecular formula is C20H29N5OS. The van der Waals surface area contributed by atoms with Crippen LogP contribution in [0.15, 0.2) is 34.6 Å². The van der Waals surface area contributed by atoms with Gasteiger partial charge in [0.25, 0.3) is 0 Å². The molecule has 0 saturated carbocycles. The maximum absolute atomic E-state index is 11.1. The summed E-state index contributed by atoms with van der Waals surface area (Å²) in [5.41, 5.74) is 3.15. The molecule has 2 aromatic rings. The lowest BCUT2D eigenvalue weighted by Gasteiger charge is -2.11. The van der Waals surface area contributed by atoms with Crippen molar-refractivity contribution in [1.29, 1.82) is 0 Å². The van der Waals surface area contributed by atoms with E-state index in [2.05, 4.69) is 52.1 Å². The zero-order chi connectivity index (χ0) is 19.6. The number of nitrogens with zero attached hydrogens (tertiary/aromatic N) is 2. The molecule has 7 heteroatoms. The zero-order valence-corrected chi connectivity index (χ0v) is 17.3. The highest BCUT2D eigenvalue weighted by molar-refractivity contribution is 7.09. The predicted molar refractivity (Wildman–Crippen MR) is 113 cm³/mol. The number of nitrogens with one attached hydrogen (secondary N) is 3. The lowest BCUT2D eigenvalue weighted by molar-refractivity contribution is -0.114. The van der Waals surface area contributed by atoms with Crippen LogP contribution in [0.4, 0.5) is 5.69 Å². The van der Waals surface area contributed by atoms with E-state index in [1.807, 2.05) is 24.3 Å². The fraction of sp³-hybridized carbons (Fsp3) is 0.450. The smallest absolute Gasteiger partial charge is 0.221 e. The van der Waals surface area contributed by atoms with Gasteiger partial charge in [-0.3, -0.25) is 4.79 Å². The van der Waals surface area contributed by atoms with Crippen molar-refractivity contribution in [1.82, 2.24) is 15.6 Å². The third-order valence-electron chi connectivity index (χ3n) is 3.86. The number of aliphatic imine (C=N–C) groups is 1. The highest BCUT2D eigenvalue weighted by Gasteiger charge is 2.06. The molecule has 1 heterocycles. The lowest BCUT2D eigenvalue weighted by atomic mass is 10.1. The topological polar surface area (TPSA) is 78.4 Å². The van der Waals surface area contributed by atoms with Crippen LogP contribution >= 0.6 is 11.3 Å². The normalized spacial score (nSPS) is 11.5. The number of benzene rings is 1. The number of carbonyl (C=O) groups is 1. The molecule has 27 heavy (non-hydrogen) atoms. The maximum Gasteiger partial charge on any atom is 0.221 e. The third kappa shape index (κ3) is 7.38. The van der Waals surface area contributed by atoms with Crippen molar-refractivity contribution < 1.29 is 4.79 Å². The Kier molecular flexibility index (Phi) is 8.26. The van der Waals surface area contributed by atoms with E-state index in [9.17, 15) is 4.79 Å². The van der Waals surface area contributed by atoms with Crippen LogP contribution < -0.4 is 16.0 Å². The van der Waals surface area contributed by atoms with E-state index < -0.39 is 0 Å². The molecule has 0 bridgehead atoms. The van der Waals surface area contributed by atoms with Crippen LogP contribution in [0.2, 0.25) is 0 Å². The summed E-state index contributed by atoms with van der Waals surface area (Å²) in [4.78, 5) is 20.3. The van der Waals surface area contributed by atoms with Crippen LogP contribution in [0.25, 0.3) is 0 Å². The summed E-state index contributed by atoms with van der Waals surface area (Å²) >= 11 is 1.66. The van der Waals surface area contributed by atoms with Gasteiger partial charge in [-0.1, -0.05) is 26.0 Å². The molecule has 1 amide bonds. The highest BCUT2D eigenvalue weighted by atomic mass is 32.1. The van der Waals surface area contributed by atoms with Crippen LogP contribution in [-0.4, -0.2) is 29.9 Å². The van der Waals surface area contributed by atoms with Gasteiger partial charge in [-0.05, 0) is 37.0 Å². The SMILES string of the molecule is CCNC(=NCc1nc(C(C)C)cs1)NCCc1ccc(NC(C)=O)cc1. The summed E-state index contributed by atoms with van der Waals surface area (Å²) in [6.07, 6.45) is 0.875. The summed E-state index contributed by atoms with van der Waals surface area (Å²) in [7, 11) is 0. The number of guanidine groups is 1. The van der Waals surface area contributed by atoms with Crippen molar-refractivity contribution in [3.05, 3.63) is 45.9 Å². The molecule has 0 aliphatic carbocycles. The standard InChI is InChI=1S/C20H29N5OS/c1-5-21-20(23-12-19-25-18(13-27-19)14(2)3)22-11-10-16-6-8-17(9-7-16)24-15(4)26/h6-9,13-14H,5,10-12H2,1-4H3,(H,24,26)(H2,21,22,23). The fourth-order valence-electron chi connectivity index (χ4n) is 2.43. The first-order valence-corrected chi connectivity index (χ1v) is 10.2. The molecule has 6 nitrogen and oxygen atoms in total. The molecule has 0 radical (unpaired) electrons. The van der Waals surface area contributed by atoms with Gasteiger partial charge in [0.05, 0.1) is 12.2 Å². The largest absolute Gasteiger partial charge is 0.357 e. The summed E-state index contributed by atoms with van der Waals surface area (Å²) < 4.78 is 0. The Hall–Kier alpha value is -2.41. The second-order valence-corrected chi connectivity index (χ2v) is 7.51. The number of thiazole rings is 1. The van der Waals surface area contributed by atoms with E-state index in [1.54, 1.807) is 11.3 Å². The number of rotatable bonds is 8. The second-order valence-electron chi connectivity index (χ2n) is 6.57. The number of anilines is 1. The molecule has 2 rings (SSSR count). The van der Waals surface area contributed by atoms with Crippen LogP contribution in [0, 0.1) is 0 Å². The molecule has 0 aliphatic rings. The minimum atomic E-state index is -0.0587. The molecule has 1 aromatic carbocycles. The second kappa shape index (κ2) is 10.7. The van der Waals surface area contributed by atoms with Gasteiger partial charge in [-0.2, -0.15) is 0 Å². The maximum atomic E-state index is 11.1. The Labute approximate surface area is 165 Å². The molecule has 0 unspecified atom stereocenters. The number of hydrogen-bond donors (Lipinski definition) is 3. The molecule has 146 valence electrons. The number of hydrogen-bond acceptors (Lipinski definition) is 4. The van der Waals surface area contributed by atoms with E-state index in [-0.39, 0.29) is 5.91 Å². The van der Waals surface area contributed by atoms with Gasteiger partial charge < -0.3 is 16.0 Å². The first kappa shape index (κ1) is 20.9. The Balaban J connectivity index is 1.85. The quantitative estimate of drug-likeness (QED) is 0.478. The first-order valence-electron chi connectivity index (χ1n) is 9.31. The molecular weight excluding hydrogens is 358 g/mol. The molecule has 0 saturated heterocycles. The zero-order valence-electron chi connectivity index (χ0n) is 16.5. The summed E-state index contributed by atoms with van der Waals surface area (Å²) in [5.74, 6) is 1.19. The first-order chi connectivity index (χ1) is 13.0. The van der Waals surface area contributed by atoms with E-state index >= 15 is 0 Å². The Morgan fingerprint density at radius 3 is 2.56 bits per heavy atom. The van der Waals surface area contributed by atoms with E-state index in [0.29, 0.717) is 12.5 Å². The van der Waals surface area contributed by atoms with Gasteiger partial charge in [0.1, 0.15) is 5.01 Å².